The molecule has 0 unspecified atom stereocenters. The molecule has 0 aliphatic carbocycles. The van der Waals surface area contributed by atoms with Gasteiger partial charge in [0.2, 0.25) is 0 Å². The molecule has 0 bridgehead atoms. The first-order valence-electron chi connectivity index (χ1n) is 9.58. The summed E-state index contributed by atoms with van der Waals surface area (Å²) in [5.74, 6) is 0. The average Bonchev–Trinajstić information content (AvgIpc) is 3.24. The predicted molar refractivity (Wildman–Crippen MR) is 113 cm³/mol. The molecular weight excluding hydrogens is 374 g/mol. The molecule has 2 aromatic heterocycles. The zero-order valence-electron chi connectivity index (χ0n) is 16.1. The zero-order valence-corrected chi connectivity index (χ0v) is 16.1. The second kappa shape index (κ2) is 7.00. The van der Waals surface area contributed by atoms with Crippen LogP contribution in [-0.4, -0.2) is 24.5 Å². The Labute approximate surface area is 172 Å². The van der Waals surface area contributed by atoms with Crippen LogP contribution in [0.2, 0.25) is 0 Å². The van der Waals surface area contributed by atoms with Crippen LogP contribution in [0.4, 0.5) is 0 Å². The van der Waals surface area contributed by atoms with Gasteiger partial charge in [0.25, 0.3) is 0 Å². The van der Waals surface area contributed by atoms with Gasteiger partial charge in [0.1, 0.15) is 11.9 Å². The molecule has 2 N–H and O–H groups in total. The molecule has 3 aromatic carbocycles. The Hall–Kier alpha value is -4.19. The highest BCUT2D eigenvalue weighted by molar-refractivity contribution is 5.71. The van der Waals surface area contributed by atoms with Gasteiger partial charge in [0.15, 0.2) is 16.7 Å². The van der Waals surface area contributed by atoms with Crippen LogP contribution in [0.25, 0.3) is 11.2 Å². The molecule has 0 amide bonds. The third-order valence-corrected chi connectivity index (χ3v) is 5.42. The Balaban J connectivity index is 1.98. The predicted octanol–water partition coefficient (Wildman–Crippen LogP) is 3.79. The maximum atomic E-state index is 9.90. The number of fused-ring (bicyclic) bond motifs is 1. The van der Waals surface area contributed by atoms with Crippen molar-refractivity contribution in [3.63, 3.8) is 0 Å². The fourth-order valence-electron chi connectivity index (χ4n) is 4.11. The van der Waals surface area contributed by atoms with Crippen LogP contribution in [0.5, 0.6) is 0 Å². The van der Waals surface area contributed by atoms with Crippen molar-refractivity contribution in [3.8, 4) is 0 Å². The minimum Gasteiger partial charge on any atom is -0.425 e. The standard InChI is InChI=1S/C24H19N5O/c25-22-21-23(27-17-29(22)30)28(16-26-21)24(18-10-4-1-5-11-18,19-12-6-2-7-13-19)20-14-8-3-9-15-20/h1-17,25,30H. The first-order chi connectivity index (χ1) is 14.7. The van der Waals surface area contributed by atoms with E-state index < -0.39 is 5.54 Å². The molecule has 5 rings (SSSR count). The molecule has 0 aliphatic heterocycles. The fraction of sp³-hybridized carbons (Fsp3) is 0.0417. The van der Waals surface area contributed by atoms with Gasteiger partial charge in [-0.05, 0) is 16.7 Å². The topological polar surface area (TPSA) is 79.7 Å². The molecule has 0 fully saturated rings. The second-order valence-electron chi connectivity index (χ2n) is 7.03. The summed E-state index contributed by atoms with van der Waals surface area (Å²) in [6, 6.07) is 30.6. The van der Waals surface area contributed by atoms with Gasteiger partial charge in [-0.15, -0.1) is 0 Å². The number of aromatic nitrogens is 4. The average molecular weight is 393 g/mol. The Morgan fingerprint density at radius 1 is 0.667 bits per heavy atom. The first kappa shape index (κ1) is 17.9. The molecule has 146 valence electrons. The van der Waals surface area contributed by atoms with Gasteiger partial charge >= 0.3 is 0 Å². The highest BCUT2D eigenvalue weighted by Gasteiger charge is 2.39. The third-order valence-electron chi connectivity index (χ3n) is 5.42. The van der Waals surface area contributed by atoms with Crippen molar-refractivity contribution >= 4 is 11.2 Å². The number of imidazole rings is 1. The van der Waals surface area contributed by atoms with E-state index in [1.807, 2.05) is 59.2 Å². The van der Waals surface area contributed by atoms with Crippen LogP contribution in [0, 0.1) is 5.41 Å². The Bertz CT molecular complexity index is 1260. The summed E-state index contributed by atoms with van der Waals surface area (Å²) in [4.78, 5) is 8.89. The Kier molecular flexibility index (Phi) is 4.17. The van der Waals surface area contributed by atoms with Crippen molar-refractivity contribution < 1.29 is 5.21 Å². The molecule has 6 nitrogen and oxygen atoms in total. The SMILES string of the molecule is N=c1c2ncn(C(c3ccccc3)(c3ccccc3)c3ccccc3)c2ncn1O. The molecule has 0 radical (unpaired) electrons. The highest BCUT2D eigenvalue weighted by atomic mass is 16.5. The summed E-state index contributed by atoms with van der Waals surface area (Å²) in [6.45, 7) is 0. The summed E-state index contributed by atoms with van der Waals surface area (Å²) in [6.07, 6.45) is 2.93. The van der Waals surface area contributed by atoms with Crippen LogP contribution in [-0.2, 0) is 5.54 Å². The van der Waals surface area contributed by atoms with Gasteiger partial charge in [0.05, 0.1) is 6.33 Å². The van der Waals surface area contributed by atoms with Gasteiger partial charge in [-0.2, -0.15) is 4.73 Å². The Morgan fingerprint density at radius 3 is 1.60 bits per heavy atom. The fourth-order valence-corrected chi connectivity index (χ4v) is 4.11. The van der Waals surface area contributed by atoms with Crippen molar-refractivity contribution in [3.05, 3.63) is 126 Å². The largest absolute Gasteiger partial charge is 0.425 e. The van der Waals surface area contributed by atoms with E-state index in [2.05, 4.69) is 46.4 Å². The third kappa shape index (κ3) is 2.54. The quantitative estimate of drug-likeness (QED) is 0.360. The van der Waals surface area contributed by atoms with Gasteiger partial charge in [-0.3, -0.25) is 9.98 Å². The lowest BCUT2D eigenvalue weighted by atomic mass is 9.76. The van der Waals surface area contributed by atoms with Crippen LogP contribution in [0.15, 0.2) is 104 Å². The lowest BCUT2D eigenvalue weighted by Gasteiger charge is -2.37. The number of nitrogens with zero attached hydrogens (tertiary/aromatic N) is 4. The van der Waals surface area contributed by atoms with Crippen LogP contribution < -0.4 is 5.49 Å². The van der Waals surface area contributed by atoms with E-state index in [1.165, 1.54) is 6.33 Å². The van der Waals surface area contributed by atoms with Crippen molar-refractivity contribution in [2.24, 2.45) is 0 Å². The monoisotopic (exact) mass is 393 g/mol. The Morgan fingerprint density at radius 2 is 1.13 bits per heavy atom. The van der Waals surface area contributed by atoms with E-state index in [0.29, 0.717) is 15.9 Å². The molecule has 0 saturated heterocycles. The zero-order chi connectivity index (χ0) is 20.6. The highest BCUT2D eigenvalue weighted by Crippen LogP contribution is 2.41. The molecule has 2 heterocycles. The molecule has 0 spiro atoms. The van der Waals surface area contributed by atoms with E-state index in [0.717, 1.165) is 16.7 Å². The number of rotatable bonds is 4. The number of nitrogens with one attached hydrogen (secondary N) is 1. The van der Waals surface area contributed by atoms with E-state index >= 15 is 0 Å². The smallest absolute Gasteiger partial charge is 0.192 e. The van der Waals surface area contributed by atoms with E-state index in [-0.39, 0.29) is 5.49 Å². The minimum atomic E-state index is -0.764. The van der Waals surface area contributed by atoms with E-state index in [1.54, 1.807) is 6.33 Å². The maximum Gasteiger partial charge on any atom is 0.192 e. The van der Waals surface area contributed by atoms with Gasteiger partial charge < -0.3 is 5.21 Å². The van der Waals surface area contributed by atoms with Gasteiger partial charge in [-0.25, -0.2) is 9.97 Å². The molecule has 0 atom stereocenters. The van der Waals surface area contributed by atoms with Gasteiger partial charge in [0, 0.05) is 0 Å². The summed E-state index contributed by atoms with van der Waals surface area (Å²) in [5.41, 5.74) is 3.08. The summed E-state index contributed by atoms with van der Waals surface area (Å²) in [5, 5.41) is 18.1. The van der Waals surface area contributed by atoms with Crippen molar-refractivity contribution in [2.75, 3.05) is 0 Å². The molecule has 30 heavy (non-hydrogen) atoms. The lowest BCUT2D eigenvalue weighted by Crippen LogP contribution is -2.37. The van der Waals surface area contributed by atoms with Crippen LogP contribution in [0.3, 0.4) is 0 Å². The summed E-state index contributed by atoms with van der Waals surface area (Å²) < 4.78 is 2.66. The number of hydrogen-bond donors (Lipinski definition) is 2. The van der Waals surface area contributed by atoms with Crippen molar-refractivity contribution in [1.29, 1.82) is 5.41 Å². The van der Waals surface area contributed by atoms with E-state index in [9.17, 15) is 5.21 Å². The molecule has 0 saturated carbocycles. The molecular formula is C24H19N5O. The first-order valence-corrected chi connectivity index (χ1v) is 9.58. The number of hydrogen-bond acceptors (Lipinski definition) is 4. The second-order valence-corrected chi connectivity index (χ2v) is 7.03. The molecule has 0 aliphatic rings. The van der Waals surface area contributed by atoms with Crippen LogP contribution in [0.1, 0.15) is 16.7 Å². The van der Waals surface area contributed by atoms with Crippen molar-refractivity contribution in [1.82, 2.24) is 19.3 Å². The number of benzene rings is 3. The van der Waals surface area contributed by atoms with Gasteiger partial charge in [-0.1, -0.05) is 91.0 Å². The summed E-state index contributed by atoms with van der Waals surface area (Å²) >= 11 is 0. The maximum absolute atomic E-state index is 9.90. The van der Waals surface area contributed by atoms with Crippen molar-refractivity contribution in [2.45, 2.75) is 5.54 Å². The van der Waals surface area contributed by atoms with E-state index in [4.69, 9.17) is 5.41 Å². The minimum absolute atomic E-state index is 0.109. The molecule has 6 heteroatoms. The van der Waals surface area contributed by atoms with Crippen LogP contribution >= 0.6 is 0 Å². The summed E-state index contributed by atoms with van der Waals surface area (Å²) in [7, 11) is 0. The normalized spacial score (nSPS) is 11.6. The molecule has 5 aromatic rings. The lowest BCUT2D eigenvalue weighted by molar-refractivity contribution is 0.168.